The van der Waals surface area contributed by atoms with Crippen molar-refractivity contribution in [3.8, 4) is 0 Å². The standard InChI is InChI=1S/C16H20N2O2S/c17-14-11-6-2-4-8-13(11)21-15(14)16(20)18-9-10-5-1-3-7-12(10)19/h2,4,6,8,10,12,19H,1,3,5,7,9,17H2,(H,18,20). The molecule has 0 saturated heterocycles. The topological polar surface area (TPSA) is 75.4 Å². The zero-order chi connectivity index (χ0) is 14.8. The van der Waals surface area contributed by atoms with Gasteiger partial charge in [0, 0.05) is 22.5 Å². The molecule has 2 atom stereocenters. The number of benzene rings is 1. The van der Waals surface area contributed by atoms with Crippen LogP contribution in [0.25, 0.3) is 10.1 Å². The molecule has 1 saturated carbocycles. The van der Waals surface area contributed by atoms with Crippen molar-refractivity contribution in [2.24, 2.45) is 5.92 Å². The quantitative estimate of drug-likeness (QED) is 0.816. The summed E-state index contributed by atoms with van der Waals surface area (Å²) in [5, 5.41) is 13.8. The number of nitrogen functional groups attached to an aromatic ring is 1. The molecule has 1 fully saturated rings. The summed E-state index contributed by atoms with van der Waals surface area (Å²) < 4.78 is 1.03. The van der Waals surface area contributed by atoms with Crippen LogP contribution in [0.3, 0.4) is 0 Å². The Hall–Kier alpha value is -1.59. The van der Waals surface area contributed by atoms with E-state index >= 15 is 0 Å². The van der Waals surface area contributed by atoms with Crippen molar-refractivity contribution in [1.82, 2.24) is 5.32 Å². The lowest BCUT2D eigenvalue weighted by Gasteiger charge is -2.27. The summed E-state index contributed by atoms with van der Waals surface area (Å²) in [4.78, 5) is 12.9. The number of amides is 1. The number of carbonyl (C=O) groups is 1. The molecule has 3 rings (SSSR count). The Kier molecular flexibility index (Phi) is 4.12. The van der Waals surface area contributed by atoms with E-state index in [1.807, 2.05) is 24.3 Å². The molecule has 112 valence electrons. The lowest BCUT2D eigenvalue weighted by atomic mass is 9.86. The van der Waals surface area contributed by atoms with Crippen LogP contribution in [-0.4, -0.2) is 23.7 Å². The van der Waals surface area contributed by atoms with Gasteiger partial charge in [0.1, 0.15) is 4.88 Å². The van der Waals surface area contributed by atoms with Crippen LogP contribution in [0, 0.1) is 5.92 Å². The molecule has 1 heterocycles. The maximum atomic E-state index is 12.3. The molecule has 0 spiro atoms. The number of fused-ring (bicyclic) bond motifs is 1. The van der Waals surface area contributed by atoms with Gasteiger partial charge in [-0.3, -0.25) is 4.79 Å². The number of aliphatic hydroxyl groups excluding tert-OH is 1. The number of aliphatic hydroxyl groups is 1. The van der Waals surface area contributed by atoms with Gasteiger partial charge < -0.3 is 16.2 Å². The van der Waals surface area contributed by atoms with E-state index in [9.17, 15) is 9.90 Å². The molecule has 2 aromatic rings. The molecule has 21 heavy (non-hydrogen) atoms. The molecule has 4 N–H and O–H groups in total. The summed E-state index contributed by atoms with van der Waals surface area (Å²) in [7, 11) is 0. The van der Waals surface area contributed by atoms with Gasteiger partial charge in [0.15, 0.2) is 0 Å². The van der Waals surface area contributed by atoms with Crippen molar-refractivity contribution < 1.29 is 9.90 Å². The number of anilines is 1. The zero-order valence-corrected chi connectivity index (χ0v) is 12.7. The largest absolute Gasteiger partial charge is 0.397 e. The van der Waals surface area contributed by atoms with Gasteiger partial charge in [-0.15, -0.1) is 11.3 Å². The molecule has 4 nitrogen and oxygen atoms in total. The average molecular weight is 304 g/mol. The predicted molar refractivity (Wildman–Crippen MR) is 86.5 cm³/mol. The SMILES string of the molecule is Nc1c(C(=O)NCC2CCCCC2O)sc2ccccc12. The van der Waals surface area contributed by atoms with Crippen LogP contribution in [-0.2, 0) is 0 Å². The third kappa shape index (κ3) is 2.89. The highest BCUT2D eigenvalue weighted by Gasteiger charge is 2.24. The normalized spacial score (nSPS) is 22.3. The fraction of sp³-hybridized carbons (Fsp3) is 0.438. The minimum Gasteiger partial charge on any atom is -0.397 e. The average Bonchev–Trinajstić information content (AvgIpc) is 2.84. The molecule has 0 bridgehead atoms. The van der Waals surface area contributed by atoms with E-state index in [1.54, 1.807) is 0 Å². The Morgan fingerprint density at radius 3 is 2.86 bits per heavy atom. The lowest BCUT2D eigenvalue weighted by molar-refractivity contribution is 0.0664. The molecular weight excluding hydrogens is 284 g/mol. The molecule has 1 aliphatic carbocycles. The smallest absolute Gasteiger partial charge is 0.263 e. The fourth-order valence-corrected chi connectivity index (χ4v) is 4.00. The molecule has 2 unspecified atom stereocenters. The van der Waals surface area contributed by atoms with E-state index < -0.39 is 0 Å². The van der Waals surface area contributed by atoms with Gasteiger partial charge in [-0.1, -0.05) is 31.0 Å². The van der Waals surface area contributed by atoms with Crippen LogP contribution in [0.1, 0.15) is 35.4 Å². The Labute approximate surface area is 128 Å². The van der Waals surface area contributed by atoms with E-state index in [0.717, 1.165) is 35.8 Å². The monoisotopic (exact) mass is 304 g/mol. The van der Waals surface area contributed by atoms with Crippen molar-refractivity contribution >= 4 is 33.0 Å². The number of hydrogen-bond donors (Lipinski definition) is 3. The maximum Gasteiger partial charge on any atom is 0.263 e. The molecule has 1 aromatic heterocycles. The van der Waals surface area contributed by atoms with Gasteiger partial charge in [0.25, 0.3) is 5.91 Å². The molecule has 5 heteroatoms. The van der Waals surface area contributed by atoms with Crippen molar-refractivity contribution in [3.05, 3.63) is 29.1 Å². The van der Waals surface area contributed by atoms with Crippen molar-refractivity contribution in [1.29, 1.82) is 0 Å². The third-order valence-corrected chi connectivity index (χ3v) is 5.42. The Balaban J connectivity index is 1.70. The van der Waals surface area contributed by atoms with Gasteiger partial charge in [-0.25, -0.2) is 0 Å². The zero-order valence-electron chi connectivity index (χ0n) is 11.8. The highest BCUT2D eigenvalue weighted by atomic mass is 32.1. The third-order valence-electron chi connectivity index (χ3n) is 4.23. The Morgan fingerprint density at radius 1 is 1.33 bits per heavy atom. The Morgan fingerprint density at radius 2 is 2.10 bits per heavy atom. The Bertz CT molecular complexity index is 653. The van der Waals surface area contributed by atoms with Crippen LogP contribution < -0.4 is 11.1 Å². The van der Waals surface area contributed by atoms with Crippen LogP contribution in [0.5, 0.6) is 0 Å². The van der Waals surface area contributed by atoms with E-state index in [0.29, 0.717) is 17.1 Å². The highest BCUT2D eigenvalue weighted by Crippen LogP contribution is 2.33. The molecular formula is C16H20N2O2S. The predicted octanol–water partition coefficient (Wildman–Crippen LogP) is 2.76. The summed E-state index contributed by atoms with van der Waals surface area (Å²) in [6, 6.07) is 7.77. The van der Waals surface area contributed by atoms with E-state index in [4.69, 9.17) is 5.73 Å². The highest BCUT2D eigenvalue weighted by molar-refractivity contribution is 7.21. The van der Waals surface area contributed by atoms with E-state index in [-0.39, 0.29) is 17.9 Å². The number of carbonyl (C=O) groups excluding carboxylic acids is 1. The minimum atomic E-state index is -0.293. The second-order valence-corrected chi connectivity index (χ2v) is 6.72. The van der Waals surface area contributed by atoms with Gasteiger partial charge in [0.05, 0.1) is 11.8 Å². The van der Waals surface area contributed by atoms with Crippen LogP contribution >= 0.6 is 11.3 Å². The number of thiophene rings is 1. The minimum absolute atomic E-state index is 0.133. The first-order valence-corrected chi connectivity index (χ1v) is 8.21. The van der Waals surface area contributed by atoms with Crippen molar-refractivity contribution in [2.45, 2.75) is 31.8 Å². The first-order chi connectivity index (χ1) is 10.2. The van der Waals surface area contributed by atoms with Crippen molar-refractivity contribution in [2.75, 3.05) is 12.3 Å². The van der Waals surface area contributed by atoms with Crippen LogP contribution in [0.2, 0.25) is 0 Å². The summed E-state index contributed by atoms with van der Waals surface area (Å²) in [6.07, 6.45) is 3.73. The summed E-state index contributed by atoms with van der Waals surface area (Å²) in [5.74, 6) is 0.0322. The maximum absolute atomic E-state index is 12.3. The van der Waals surface area contributed by atoms with Crippen LogP contribution in [0.4, 0.5) is 5.69 Å². The van der Waals surface area contributed by atoms with Crippen LogP contribution in [0.15, 0.2) is 24.3 Å². The first kappa shape index (κ1) is 14.4. The molecule has 0 aliphatic heterocycles. The van der Waals surface area contributed by atoms with E-state index in [2.05, 4.69) is 5.32 Å². The molecule has 1 aliphatic rings. The second-order valence-electron chi connectivity index (χ2n) is 5.66. The second kappa shape index (κ2) is 6.03. The number of rotatable bonds is 3. The summed E-state index contributed by atoms with van der Waals surface area (Å²) >= 11 is 1.42. The number of nitrogens with one attached hydrogen (secondary N) is 1. The van der Waals surface area contributed by atoms with E-state index in [1.165, 1.54) is 11.3 Å². The number of nitrogens with two attached hydrogens (primary N) is 1. The van der Waals surface area contributed by atoms with Gasteiger partial charge in [-0.2, -0.15) is 0 Å². The van der Waals surface area contributed by atoms with Gasteiger partial charge in [-0.05, 0) is 18.9 Å². The van der Waals surface area contributed by atoms with Gasteiger partial charge in [0.2, 0.25) is 0 Å². The van der Waals surface area contributed by atoms with Gasteiger partial charge >= 0.3 is 0 Å². The first-order valence-electron chi connectivity index (χ1n) is 7.40. The summed E-state index contributed by atoms with van der Waals surface area (Å²) in [5.41, 5.74) is 6.63. The summed E-state index contributed by atoms with van der Waals surface area (Å²) in [6.45, 7) is 0.522. The molecule has 1 aromatic carbocycles. The molecule has 1 amide bonds. The lowest BCUT2D eigenvalue weighted by Crippen LogP contribution is -2.36. The van der Waals surface area contributed by atoms with Crippen molar-refractivity contribution in [3.63, 3.8) is 0 Å². The molecule has 0 radical (unpaired) electrons. The fourth-order valence-electron chi connectivity index (χ4n) is 2.96. The number of hydrogen-bond acceptors (Lipinski definition) is 4.